The Kier molecular flexibility index (Phi) is 5.26. The predicted molar refractivity (Wildman–Crippen MR) is 84.3 cm³/mol. The second kappa shape index (κ2) is 6.53. The van der Waals surface area contributed by atoms with Crippen molar-refractivity contribution in [3.05, 3.63) is 35.9 Å². The predicted octanol–water partition coefficient (Wildman–Crippen LogP) is 1.93. The highest BCUT2D eigenvalue weighted by atomic mass is 32.3. The van der Waals surface area contributed by atoms with E-state index in [-0.39, 0.29) is 18.4 Å². The smallest absolute Gasteiger partial charge is 0.383 e. The number of alkyl halides is 3. The minimum absolute atomic E-state index is 0.0545. The molecule has 1 N–H and O–H groups in total. The average molecular weight is 401 g/mol. The molecule has 11 heteroatoms. The van der Waals surface area contributed by atoms with E-state index >= 15 is 0 Å². The van der Waals surface area contributed by atoms with Gasteiger partial charge < -0.3 is 5.11 Å². The molecular weight excluding hydrogens is 383 g/mol. The van der Waals surface area contributed by atoms with Crippen LogP contribution < -0.4 is 0 Å². The minimum atomic E-state index is -6.19. The molecule has 2 unspecified atom stereocenters. The Balaban J connectivity index is 2.67. The van der Waals surface area contributed by atoms with Crippen molar-refractivity contribution in [2.45, 2.75) is 42.8 Å². The van der Waals surface area contributed by atoms with Crippen molar-refractivity contribution >= 4 is 20.0 Å². The molecule has 0 aromatic heterocycles. The Labute approximate surface area is 144 Å². The first-order chi connectivity index (χ1) is 11.3. The van der Waals surface area contributed by atoms with Crippen LogP contribution in [0.2, 0.25) is 0 Å². The van der Waals surface area contributed by atoms with Crippen LogP contribution >= 0.6 is 0 Å². The molecule has 0 amide bonds. The molecule has 1 aromatic carbocycles. The van der Waals surface area contributed by atoms with Gasteiger partial charge in [0.25, 0.3) is 0 Å². The molecule has 1 fully saturated rings. The maximum Gasteiger partial charge on any atom is 0.512 e. The summed E-state index contributed by atoms with van der Waals surface area (Å²) in [7, 11) is -11.0. The highest BCUT2D eigenvalue weighted by Crippen LogP contribution is 2.44. The van der Waals surface area contributed by atoms with Crippen LogP contribution in [0.5, 0.6) is 0 Å². The topological polar surface area (TPSA) is 91.8 Å². The van der Waals surface area contributed by atoms with Crippen molar-refractivity contribution < 1.29 is 35.1 Å². The van der Waals surface area contributed by atoms with Gasteiger partial charge in [-0.15, -0.1) is 0 Å². The van der Waals surface area contributed by atoms with Crippen LogP contribution in [0.4, 0.5) is 13.2 Å². The number of hydrogen-bond donors (Lipinski definition) is 1. The quantitative estimate of drug-likeness (QED) is 0.832. The Bertz CT molecular complexity index is 824. The van der Waals surface area contributed by atoms with E-state index in [2.05, 4.69) is 0 Å². The van der Waals surface area contributed by atoms with Gasteiger partial charge in [0, 0.05) is 0 Å². The van der Waals surface area contributed by atoms with Crippen LogP contribution in [-0.4, -0.2) is 43.5 Å². The molecule has 25 heavy (non-hydrogen) atoms. The summed E-state index contributed by atoms with van der Waals surface area (Å²) >= 11 is 0. The molecule has 0 spiro atoms. The van der Waals surface area contributed by atoms with Crippen molar-refractivity contribution in [2.24, 2.45) is 0 Å². The molecule has 1 saturated carbocycles. The van der Waals surface area contributed by atoms with Gasteiger partial charge in [-0.1, -0.05) is 46.9 Å². The van der Waals surface area contributed by atoms with Crippen molar-refractivity contribution in [2.75, 3.05) is 6.26 Å². The molecule has 0 saturated heterocycles. The number of nitrogens with zero attached hydrogens (tertiary/aromatic N) is 1. The third kappa shape index (κ3) is 3.69. The number of benzene rings is 1. The van der Waals surface area contributed by atoms with Crippen molar-refractivity contribution in [3.8, 4) is 0 Å². The summed E-state index contributed by atoms with van der Waals surface area (Å²) in [4.78, 5) is 0. The summed E-state index contributed by atoms with van der Waals surface area (Å²) in [5, 5.41) is 11.0. The highest BCUT2D eigenvalue weighted by Gasteiger charge is 2.59. The molecule has 0 aliphatic heterocycles. The summed E-state index contributed by atoms with van der Waals surface area (Å²) in [6, 6.07) is 5.76. The zero-order valence-electron chi connectivity index (χ0n) is 13.3. The van der Waals surface area contributed by atoms with Crippen LogP contribution in [0.25, 0.3) is 0 Å². The average Bonchev–Trinajstić information content (AvgIpc) is 2.48. The monoisotopic (exact) mass is 401 g/mol. The Morgan fingerprint density at radius 3 is 2.16 bits per heavy atom. The number of aliphatic hydroxyl groups is 1. The summed E-state index contributed by atoms with van der Waals surface area (Å²) in [6.07, 6.45) is 0.829. The summed E-state index contributed by atoms with van der Waals surface area (Å²) in [6.45, 7) is 0. The molecule has 2 atom stereocenters. The van der Waals surface area contributed by atoms with Crippen molar-refractivity contribution in [1.29, 1.82) is 0 Å². The van der Waals surface area contributed by atoms with Gasteiger partial charge >= 0.3 is 15.5 Å². The van der Waals surface area contributed by atoms with Gasteiger partial charge in [-0.2, -0.15) is 13.2 Å². The van der Waals surface area contributed by atoms with Gasteiger partial charge in [-0.25, -0.2) is 16.8 Å². The molecule has 142 valence electrons. The normalized spacial score (nSPS) is 25.9. The lowest BCUT2D eigenvalue weighted by atomic mass is 9.76. The first-order valence-corrected chi connectivity index (χ1v) is 10.7. The Morgan fingerprint density at radius 2 is 1.68 bits per heavy atom. The molecule has 0 radical (unpaired) electrons. The van der Waals surface area contributed by atoms with Crippen molar-refractivity contribution in [1.82, 2.24) is 3.71 Å². The molecule has 6 nitrogen and oxygen atoms in total. The molecule has 0 bridgehead atoms. The lowest BCUT2D eigenvalue weighted by Crippen LogP contribution is -2.58. The SMILES string of the molecule is CS(=O)(=O)N(C1CCCCC1(O)c1ccccc1)S(=O)(=O)C(F)(F)F. The molecule has 1 aromatic rings. The lowest BCUT2D eigenvalue weighted by Gasteiger charge is -2.44. The lowest BCUT2D eigenvalue weighted by molar-refractivity contribution is -0.0627. The van der Waals surface area contributed by atoms with Crippen LogP contribution in [0, 0.1) is 0 Å². The van der Waals surface area contributed by atoms with E-state index in [9.17, 15) is 35.1 Å². The summed E-state index contributed by atoms with van der Waals surface area (Å²) in [5.74, 6) is 0. The standard InChI is InChI=1S/C14H18F3NO5S2/c1-24(20,21)18(25(22,23)14(15,16)17)12-9-5-6-10-13(12,19)11-7-3-2-4-8-11/h2-4,7-8,12,19H,5-6,9-10H2,1H3. The van der Waals surface area contributed by atoms with Crippen LogP contribution in [-0.2, 0) is 25.6 Å². The second-order valence-electron chi connectivity index (χ2n) is 5.99. The van der Waals surface area contributed by atoms with E-state index in [0.717, 1.165) is 0 Å². The van der Waals surface area contributed by atoms with E-state index in [0.29, 0.717) is 19.1 Å². The highest BCUT2D eigenvalue weighted by molar-refractivity contribution is 8.04. The van der Waals surface area contributed by atoms with Gasteiger partial charge in [-0.3, -0.25) is 0 Å². The van der Waals surface area contributed by atoms with Crippen molar-refractivity contribution in [3.63, 3.8) is 0 Å². The maximum absolute atomic E-state index is 13.0. The largest absolute Gasteiger partial charge is 0.512 e. The number of sulfonamides is 2. The molecule has 1 aliphatic rings. The second-order valence-corrected chi connectivity index (χ2v) is 9.89. The van der Waals surface area contributed by atoms with E-state index in [1.807, 2.05) is 0 Å². The Hall–Kier alpha value is -1.17. The van der Waals surface area contributed by atoms with E-state index in [4.69, 9.17) is 0 Å². The number of hydrogen-bond acceptors (Lipinski definition) is 5. The minimum Gasteiger partial charge on any atom is -0.383 e. The Morgan fingerprint density at radius 1 is 1.12 bits per heavy atom. The van der Waals surface area contributed by atoms with Gasteiger partial charge in [0.15, 0.2) is 0 Å². The number of halogens is 3. The maximum atomic E-state index is 13.0. The van der Waals surface area contributed by atoms with Gasteiger partial charge in [0.05, 0.1) is 12.3 Å². The fourth-order valence-corrected chi connectivity index (χ4v) is 6.40. The zero-order valence-corrected chi connectivity index (χ0v) is 14.9. The summed E-state index contributed by atoms with van der Waals surface area (Å²) < 4.78 is 86.4. The van der Waals surface area contributed by atoms with Crippen LogP contribution in [0.15, 0.2) is 30.3 Å². The van der Waals surface area contributed by atoms with Crippen LogP contribution in [0.3, 0.4) is 0 Å². The third-order valence-electron chi connectivity index (χ3n) is 4.22. The fourth-order valence-electron chi connectivity index (χ4n) is 3.16. The third-order valence-corrected chi connectivity index (χ3v) is 7.84. The van der Waals surface area contributed by atoms with E-state index in [1.165, 1.54) is 24.3 Å². The molecule has 0 heterocycles. The van der Waals surface area contributed by atoms with Gasteiger partial charge in [0.2, 0.25) is 10.0 Å². The van der Waals surface area contributed by atoms with E-state index in [1.54, 1.807) is 6.07 Å². The van der Waals surface area contributed by atoms with Gasteiger partial charge in [0.1, 0.15) is 5.60 Å². The van der Waals surface area contributed by atoms with E-state index < -0.39 is 40.9 Å². The first-order valence-electron chi connectivity index (χ1n) is 7.40. The van der Waals surface area contributed by atoms with Crippen LogP contribution in [0.1, 0.15) is 31.2 Å². The molecular formula is C14H18F3NO5S2. The molecule has 1 aliphatic carbocycles. The fraction of sp³-hybridized carbons (Fsp3) is 0.571. The number of rotatable bonds is 4. The summed E-state index contributed by atoms with van der Waals surface area (Å²) in [5.41, 5.74) is -7.67. The molecule has 2 rings (SSSR count). The first kappa shape index (κ1) is 20.1. The van der Waals surface area contributed by atoms with Gasteiger partial charge in [-0.05, 0) is 18.4 Å². The zero-order chi connectivity index (χ0) is 19.1.